The van der Waals surface area contributed by atoms with Crippen LogP contribution < -0.4 is 4.74 Å². The highest BCUT2D eigenvalue weighted by molar-refractivity contribution is 5.89. The second kappa shape index (κ2) is 5.53. The van der Waals surface area contributed by atoms with Crippen LogP contribution in [0.1, 0.15) is 25.0 Å². The molecule has 0 bridgehead atoms. The second-order valence-electron chi connectivity index (χ2n) is 5.37. The van der Waals surface area contributed by atoms with Crippen LogP contribution >= 0.6 is 0 Å². The van der Waals surface area contributed by atoms with E-state index in [1.54, 1.807) is 7.11 Å². The van der Waals surface area contributed by atoms with Crippen LogP contribution in [-0.2, 0) is 11.2 Å². The number of ether oxygens (including phenoxy) is 1. The van der Waals surface area contributed by atoms with E-state index in [-0.39, 0.29) is 5.78 Å². The number of methoxy groups -OCH3 is 1. The number of likely N-dealkylation sites (N-methyl/N-ethyl adjacent to an activating group) is 1. The van der Waals surface area contributed by atoms with E-state index in [0.717, 1.165) is 16.9 Å². The predicted octanol–water partition coefficient (Wildman–Crippen LogP) is 2.46. The van der Waals surface area contributed by atoms with E-state index in [1.807, 2.05) is 58.0 Å². The highest BCUT2D eigenvalue weighted by atomic mass is 16.5. The maximum atomic E-state index is 12.4. The molecular formula is C15H23NO2. The molecule has 0 saturated carbocycles. The van der Waals surface area contributed by atoms with E-state index in [4.69, 9.17) is 4.74 Å². The molecule has 18 heavy (non-hydrogen) atoms. The zero-order valence-corrected chi connectivity index (χ0v) is 12.2. The van der Waals surface area contributed by atoms with Gasteiger partial charge in [-0.3, -0.25) is 9.69 Å². The molecule has 0 amide bonds. The van der Waals surface area contributed by atoms with Crippen molar-refractivity contribution in [1.82, 2.24) is 4.90 Å². The third kappa shape index (κ3) is 3.10. The average Bonchev–Trinajstić information content (AvgIpc) is 2.29. The highest BCUT2D eigenvalue weighted by Gasteiger charge is 2.30. The minimum Gasteiger partial charge on any atom is -0.496 e. The van der Waals surface area contributed by atoms with Crippen LogP contribution in [0.5, 0.6) is 5.75 Å². The lowest BCUT2D eigenvalue weighted by atomic mass is 9.92. The molecule has 0 heterocycles. The zero-order chi connectivity index (χ0) is 13.9. The van der Waals surface area contributed by atoms with Crippen molar-refractivity contribution >= 4 is 5.78 Å². The summed E-state index contributed by atoms with van der Waals surface area (Å²) in [5, 5.41) is 0. The first-order valence-electron chi connectivity index (χ1n) is 6.13. The van der Waals surface area contributed by atoms with Crippen molar-refractivity contribution in [2.75, 3.05) is 21.2 Å². The van der Waals surface area contributed by atoms with Crippen molar-refractivity contribution < 1.29 is 9.53 Å². The van der Waals surface area contributed by atoms with Crippen LogP contribution in [0.25, 0.3) is 0 Å². The van der Waals surface area contributed by atoms with Gasteiger partial charge in [0, 0.05) is 12.0 Å². The molecule has 0 aliphatic rings. The number of hydrogen-bond donors (Lipinski definition) is 0. The number of carbonyl (C=O) groups excluding carboxylic acids is 1. The molecule has 0 N–H and O–H groups in total. The lowest BCUT2D eigenvalue weighted by Gasteiger charge is -2.31. The van der Waals surface area contributed by atoms with Gasteiger partial charge in [0.2, 0.25) is 0 Å². The molecule has 0 saturated heterocycles. The van der Waals surface area contributed by atoms with Crippen LogP contribution in [0.15, 0.2) is 18.2 Å². The largest absolute Gasteiger partial charge is 0.496 e. The van der Waals surface area contributed by atoms with Gasteiger partial charge in [-0.1, -0.05) is 17.7 Å². The van der Waals surface area contributed by atoms with Gasteiger partial charge in [-0.05, 0) is 40.9 Å². The van der Waals surface area contributed by atoms with Gasteiger partial charge in [0.25, 0.3) is 0 Å². The van der Waals surface area contributed by atoms with Crippen LogP contribution in [0.2, 0.25) is 0 Å². The maximum absolute atomic E-state index is 12.4. The molecule has 0 aliphatic heterocycles. The fourth-order valence-corrected chi connectivity index (χ4v) is 1.68. The van der Waals surface area contributed by atoms with Gasteiger partial charge in [-0.15, -0.1) is 0 Å². The summed E-state index contributed by atoms with van der Waals surface area (Å²) < 4.78 is 5.31. The molecule has 0 radical (unpaired) electrons. The van der Waals surface area contributed by atoms with Crippen LogP contribution in [0, 0.1) is 6.92 Å². The van der Waals surface area contributed by atoms with E-state index in [2.05, 4.69) is 0 Å². The normalized spacial score (nSPS) is 11.7. The van der Waals surface area contributed by atoms with E-state index in [1.165, 1.54) is 0 Å². The number of aryl methyl sites for hydroxylation is 1. The first-order valence-corrected chi connectivity index (χ1v) is 6.13. The Morgan fingerprint density at radius 2 is 1.94 bits per heavy atom. The molecular weight excluding hydrogens is 226 g/mol. The Kier molecular flexibility index (Phi) is 4.52. The summed E-state index contributed by atoms with van der Waals surface area (Å²) in [5.74, 6) is 0.972. The number of carbonyl (C=O) groups is 1. The molecule has 1 aromatic rings. The Bertz CT molecular complexity index is 436. The van der Waals surface area contributed by atoms with E-state index < -0.39 is 5.54 Å². The highest BCUT2D eigenvalue weighted by Crippen LogP contribution is 2.23. The number of hydrogen-bond acceptors (Lipinski definition) is 3. The quantitative estimate of drug-likeness (QED) is 0.803. The molecule has 3 heteroatoms. The summed E-state index contributed by atoms with van der Waals surface area (Å²) in [5.41, 5.74) is 1.63. The maximum Gasteiger partial charge on any atom is 0.156 e. The van der Waals surface area contributed by atoms with Gasteiger partial charge in [0.1, 0.15) is 5.75 Å². The average molecular weight is 249 g/mol. The lowest BCUT2D eigenvalue weighted by molar-refractivity contribution is -0.127. The predicted molar refractivity (Wildman–Crippen MR) is 74.2 cm³/mol. The van der Waals surface area contributed by atoms with Crippen molar-refractivity contribution in [3.05, 3.63) is 29.3 Å². The molecule has 0 spiro atoms. The number of Topliss-reactive ketones (excluding diaryl/α,β-unsaturated/α-hetero) is 1. The smallest absolute Gasteiger partial charge is 0.156 e. The minimum absolute atomic E-state index is 0.191. The number of ketones is 1. The second-order valence-corrected chi connectivity index (χ2v) is 5.37. The van der Waals surface area contributed by atoms with Crippen LogP contribution in [0.3, 0.4) is 0 Å². The van der Waals surface area contributed by atoms with Crippen molar-refractivity contribution in [3.63, 3.8) is 0 Å². The summed E-state index contributed by atoms with van der Waals surface area (Å²) in [6, 6.07) is 5.92. The third-order valence-corrected chi connectivity index (χ3v) is 3.59. The van der Waals surface area contributed by atoms with Gasteiger partial charge in [0.05, 0.1) is 12.6 Å². The Morgan fingerprint density at radius 3 is 2.44 bits per heavy atom. The van der Waals surface area contributed by atoms with Gasteiger partial charge in [-0.2, -0.15) is 0 Å². The van der Waals surface area contributed by atoms with Gasteiger partial charge < -0.3 is 4.74 Å². The van der Waals surface area contributed by atoms with Crippen molar-refractivity contribution in [3.8, 4) is 5.75 Å². The lowest BCUT2D eigenvalue weighted by Crippen LogP contribution is -2.46. The molecule has 0 aliphatic carbocycles. The standard InChI is InChI=1S/C15H23NO2/c1-11-7-8-13(18-6)12(9-11)10-14(17)15(2,3)16(4)5/h7-9H,10H2,1-6H3. The minimum atomic E-state index is -0.464. The first kappa shape index (κ1) is 14.7. The number of nitrogens with zero attached hydrogens (tertiary/aromatic N) is 1. The summed E-state index contributed by atoms with van der Waals surface area (Å²) in [6.07, 6.45) is 0.399. The van der Waals surface area contributed by atoms with Crippen LogP contribution in [-0.4, -0.2) is 37.4 Å². The van der Waals surface area contributed by atoms with Crippen molar-refractivity contribution in [1.29, 1.82) is 0 Å². The molecule has 0 atom stereocenters. The molecule has 0 aromatic heterocycles. The SMILES string of the molecule is COc1ccc(C)cc1CC(=O)C(C)(C)N(C)C. The Labute approximate surface area is 110 Å². The molecule has 3 nitrogen and oxygen atoms in total. The first-order chi connectivity index (χ1) is 8.28. The molecule has 0 unspecified atom stereocenters. The Morgan fingerprint density at radius 1 is 1.33 bits per heavy atom. The number of benzene rings is 1. The molecule has 1 aromatic carbocycles. The van der Waals surface area contributed by atoms with E-state index >= 15 is 0 Å². The van der Waals surface area contributed by atoms with Gasteiger partial charge >= 0.3 is 0 Å². The van der Waals surface area contributed by atoms with Crippen molar-refractivity contribution in [2.24, 2.45) is 0 Å². The summed E-state index contributed by atoms with van der Waals surface area (Å²) >= 11 is 0. The van der Waals surface area contributed by atoms with E-state index in [9.17, 15) is 4.79 Å². The van der Waals surface area contributed by atoms with E-state index in [0.29, 0.717) is 6.42 Å². The van der Waals surface area contributed by atoms with Gasteiger partial charge in [-0.25, -0.2) is 0 Å². The summed E-state index contributed by atoms with van der Waals surface area (Å²) in [4.78, 5) is 14.3. The Hall–Kier alpha value is -1.35. The van der Waals surface area contributed by atoms with Crippen molar-refractivity contribution in [2.45, 2.75) is 32.7 Å². The number of rotatable bonds is 5. The summed E-state index contributed by atoms with van der Waals surface area (Å²) in [7, 11) is 5.48. The van der Waals surface area contributed by atoms with Crippen LogP contribution in [0.4, 0.5) is 0 Å². The van der Waals surface area contributed by atoms with Gasteiger partial charge in [0.15, 0.2) is 5.78 Å². The molecule has 0 fully saturated rings. The molecule has 100 valence electrons. The third-order valence-electron chi connectivity index (χ3n) is 3.59. The topological polar surface area (TPSA) is 29.5 Å². The fourth-order valence-electron chi connectivity index (χ4n) is 1.68. The zero-order valence-electron chi connectivity index (χ0n) is 12.2. The monoisotopic (exact) mass is 249 g/mol. The molecule has 1 rings (SSSR count). The summed E-state index contributed by atoms with van der Waals surface area (Å²) in [6.45, 7) is 5.90. The fraction of sp³-hybridized carbons (Fsp3) is 0.533. The Balaban J connectivity index is 2.98.